The Balaban J connectivity index is 0.00000676. The molecule has 0 heterocycles. The molecule has 0 bridgehead atoms. The third-order valence-corrected chi connectivity index (χ3v) is 5.64. The van der Waals surface area contributed by atoms with Gasteiger partial charge in [0.1, 0.15) is 0 Å². The van der Waals surface area contributed by atoms with Crippen molar-refractivity contribution in [3.05, 3.63) is 29.8 Å². The van der Waals surface area contributed by atoms with Gasteiger partial charge in [0.2, 0.25) is 0 Å². The maximum atomic E-state index is 12.5. The van der Waals surface area contributed by atoms with Gasteiger partial charge < -0.3 is 0 Å². The molecular formula is C15H22F3NaO6S2. The summed E-state index contributed by atoms with van der Waals surface area (Å²) in [7, 11) is -8.03. The summed E-state index contributed by atoms with van der Waals surface area (Å²) in [6, 6.07) is 3.08. The molecule has 0 aliphatic carbocycles. The van der Waals surface area contributed by atoms with E-state index in [1.165, 1.54) is 0 Å². The summed E-state index contributed by atoms with van der Waals surface area (Å²) in [5.41, 5.74) is -0.939. The normalized spacial score (nSPS) is 12.6. The van der Waals surface area contributed by atoms with E-state index in [0.717, 1.165) is 25.0 Å². The Morgan fingerprint density at radius 3 is 1.81 bits per heavy atom. The second kappa shape index (κ2) is 11.7. The summed E-state index contributed by atoms with van der Waals surface area (Å²) >= 11 is 0. The van der Waals surface area contributed by atoms with E-state index in [0.29, 0.717) is 37.8 Å². The molecule has 12 heteroatoms. The molecule has 6 nitrogen and oxygen atoms in total. The van der Waals surface area contributed by atoms with Crippen LogP contribution in [0.25, 0.3) is 0 Å². The van der Waals surface area contributed by atoms with Crippen LogP contribution in [0.3, 0.4) is 0 Å². The van der Waals surface area contributed by atoms with Gasteiger partial charge in [-0.3, -0.25) is 8.74 Å². The Hall–Kier alpha value is -0.170. The summed E-state index contributed by atoms with van der Waals surface area (Å²) in [6.07, 6.45) is -0.963. The molecule has 0 amide bonds. The zero-order valence-corrected chi connectivity index (χ0v) is 15.5. The van der Waals surface area contributed by atoms with E-state index in [4.69, 9.17) is 8.74 Å². The average Bonchev–Trinajstić information content (AvgIpc) is 2.51. The molecule has 1 N–H and O–H groups in total. The van der Waals surface area contributed by atoms with Crippen molar-refractivity contribution in [2.24, 2.45) is 0 Å². The second-order valence-corrected chi connectivity index (χ2v) is 8.89. The molecule has 0 aliphatic heterocycles. The van der Waals surface area contributed by atoms with E-state index in [-0.39, 0.29) is 46.8 Å². The van der Waals surface area contributed by atoms with Crippen LogP contribution >= 0.6 is 0 Å². The van der Waals surface area contributed by atoms with Crippen LogP contribution in [0, 0.1) is 0 Å². The van der Waals surface area contributed by atoms with Gasteiger partial charge in [0.15, 0.2) is 0 Å². The fourth-order valence-electron chi connectivity index (χ4n) is 2.14. The predicted molar refractivity (Wildman–Crippen MR) is 95.8 cm³/mol. The van der Waals surface area contributed by atoms with E-state index in [9.17, 15) is 30.0 Å². The Bertz CT molecular complexity index is 762. The van der Waals surface area contributed by atoms with E-state index in [1.807, 2.05) is 0 Å². The van der Waals surface area contributed by atoms with Gasteiger partial charge in [-0.05, 0) is 37.1 Å². The molecule has 0 saturated carbocycles. The van der Waals surface area contributed by atoms with Crippen molar-refractivity contribution in [3.63, 3.8) is 0 Å². The molecule has 1 aromatic rings. The third-order valence-electron chi connectivity index (χ3n) is 3.51. The van der Waals surface area contributed by atoms with Gasteiger partial charge in [-0.25, -0.2) is 0 Å². The first kappa shape index (κ1) is 26.8. The van der Waals surface area contributed by atoms with E-state index >= 15 is 0 Å². The van der Waals surface area contributed by atoms with Crippen LogP contribution < -0.4 is 0 Å². The van der Waals surface area contributed by atoms with Crippen LogP contribution in [0.4, 0.5) is 13.2 Å². The third kappa shape index (κ3) is 11.4. The fraction of sp³-hybridized carbons (Fsp3) is 0.600. The van der Waals surface area contributed by atoms with E-state index in [2.05, 4.69) is 0 Å². The molecule has 0 spiro atoms. The zero-order valence-electron chi connectivity index (χ0n) is 13.9. The SMILES string of the molecule is O=S(=O)(O)CCCCCCCCOS(=O)(=O)c1ccc(C(F)(F)F)cc1.[NaH]. The molecule has 0 atom stereocenters. The zero-order chi connectivity index (χ0) is 19.8. The Labute approximate surface area is 179 Å². The van der Waals surface area contributed by atoms with Crippen LogP contribution in [0.5, 0.6) is 0 Å². The van der Waals surface area contributed by atoms with Crippen molar-refractivity contribution < 1.29 is 38.7 Å². The molecule has 0 radical (unpaired) electrons. The number of benzene rings is 1. The first-order chi connectivity index (χ1) is 11.9. The van der Waals surface area contributed by atoms with Crippen LogP contribution in [0.1, 0.15) is 44.1 Å². The number of rotatable bonds is 11. The van der Waals surface area contributed by atoms with Gasteiger partial charge in [-0.1, -0.05) is 25.7 Å². The van der Waals surface area contributed by atoms with E-state index in [1.54, 1.807) is 0 Å². The summed E-state index contributed by atoms with van der Waals surface area (Å²) in [6.45, 7) is -0.0889. The van der Waals surface area contributed by atoms with Crippen molar-refractivity contribution in [3.8, 4) is 0 Å². The number of halogens is 3. The van der Waals surface area contributed by atoms with Crippen molar-refractivity contribution in [2.45, 2.75) is 49.6 Å². The molecule has 0 aromatic heterocycles. The van der Waals surface area contributed by atoms with Crippen molar-refractivity contribution in [1.29, 1.82) is 0 Å². The Morgan fingerprint density at radius 2 is 1.33 bits per heavy atom. The molecular weight excluding hydrogens is 420 g/mol. The average molecular weight is 442 g/mol. The Morgan fingerprint density at radius 1 is 0.852 bits per heavy atom. The minimum atomic E-state index is -4.54. The quantitative estimate of drug-likeness (QED) is 0.245. The van der Waals surface area contributed by atoms with Gasteiger partial charge in [0.05, 0.1) is 22.8 Å². The van der Waals surface area contributed by atoms with Crippen LogP contribution in [-0.4, -0.2) is 63.3 Å². The first-order valence-corrected chi connectivity index (χ1v) is 11.0. The molecule has 1 rings (SSSR count). The fourth-order valence-corrected chi connectivity index (χ4v) is 3.65. The minimum absolute atomic E-state index is 0. The number of hydrogen-bond donors (Lipinski definition) is 1. The van der Waals surface area contributed by atoms with Crippen molar-refractivity contribution >= 4 is 49.8 Å². The standard InChI is InChI=1S/C15H21F3O6S2.Na.H/c16-15(17,18)13-7-9-14(10-8-13)26(22,23)24-11-5-3-1-2-4-6-12-25(19,20)21;;/h7-10H,1-6,11-12H2,(H,19,20,21);;. The molecule has 0 aliphatic rings. The maximum absolute atomic E-state index is 12.5. The summed E-state index contributed by atoms with van der Waals surface area (Å²) < 4.78 is 95.5. The van der Waals surface area contributed by atoms with E-state index < -0.39 is 32.0 Å². The summed E-state index contributed by atoms with van der Waals surface area (Å²) in [5, 5.41) is 0. The van der Waals surface area contributed by atoms with Crippen LogP contribution in [-0.2, 0) is 30.6 Å². The molecule has 27 heavy (non-hydrogen) atoms. The van der Waals surface area contributed by atoms with Gasteiger partial charge in [0, 0.05) is 0 Å². The number of hydrogen-bond acceptors (Lipinski definition) is 5. The molecule has 152 valence electrons. The molecule has 0 fully saturated rings. The summed E-state index contributed by atoms with van der Waals surface area (Å²) in [5.74, 6) is -0.276. The van der Waals surface area contributed by atoms with Crippen LogP contribution in [0.2, 0.25) is 0 Å². The van der Waals surface area contributed by atoms with Crippen LogP contribution in [0.15, 0.2) is 29.2 Å². The number of unbranched alkanes of at least 4 members (excludes halogenated alkanes) is 5. The van der Waals surface area contributed by atoms with Crippen molar-refractivity contribution in [1.82, 2.24) is 0 Å². The number of alkyl halides is 3. The monoisotopic (exact) mass is 442 g/mol. The van der Waals surface area contributed by atoms with Gasteiger partial charge in [-0.2, -0.15) is 30.0 Å². The first-order valence-electron chi connectivity index (χ1n) is 7.94. The Kier molecular flexibility index (Phi) is 11.7. The van der Waals surface area contributed by atoms with Gasteiger partial charge in [0.25, 0.3) is 20.2 Å². The molecule has 0 saturated heterocycles. The molecule has 0 unspecified atom stereocenters. The molecule has 1 aromatic carbocycles. The summed E-state index contributed by atoms with van der Waals surface area (Å²) in [4.78, 5) is -0.337. The second-order valence-electron chi connectivity index (χ2n) is 5.71. The predicted octanol–water partition coefficient (Wildman–Crippen LogP) is 2.99. The van der Waals surface area contributed by atoms with Gasteiger partial charge in [-0.15, -0.1) is 0 Å². The van der Waals surface area contributed by atoms with Crippen molar-refractivity contribution in [2.75, 3.05) is 12.4 Å². The van der Waals surface area contributed by atoms with Gasteiger partial charge >= 0.3 is 35.7 Å². The topological polar surface area (TPSA) is 97.7 Å².